The number of nitrogens with one attached hydrogen (secondary N) is 2. The van der Waals surface area contributed by atoms with Crippen molar-refractivity contribution >= 4 is 30.0 Å². The molecule has 1 fully saturated rings. The zero-order valence-electron chi connectivity index (χ0n) is 11.6. The van der Waals surface area contributed by atoms with Crippen molar-refractivity contribution in [1.29, 1.82) is 0 Å². The Morgan fingerprint density at radius 2 is 2.15 bits per heavy atom. The molecular formula is C14H19ClN2O3. The van der Waals surface area contributed by atoms with E-state index in [2.05, 4.69) is 15.4 Å². The number of anilines is 1. The van der Waals surface area contributed by atoms with Gasteiger partial charge in [-0.15, -0.1) is 12.4 Å². The average molecular weight is 299 g/mol. The van der Waals surface area contributed by atoms with Gasteiger partial charge in [0.05, 0.1) is 18.1 Å². The second-order valence-electron chi connectivity index (χ2n) is 5.01. The van der Waals surface area contributed by atoms with Crippen LogP contribution >= 0.6 is 12.4 Å². The molecule has 1 atom stereocenters. The van der Waals surface area contributed by atoms with E-state index < -0.39 is 5.97 Å². The summed E-state index contributed by atoms with van der Waals surface area (Å²) in [6.07, 6.45) is 0.815. The molecule has 0 saturated carbocycles. The van der Waals surface area contributed by atoms with Crippen LogP contribution < -0.4 is 10.6 Å². The second kappa shape index (κ2) is 6.72. The summed E-state index contributed by atoms with van der Waals surface area (Å²) >= 11 is 0. The van der Waals surface area contributed by atoms with E-state index in [0.717, 1.165) is 13.0 Å². The fraction of sp³-hybridized carbons (Fsp3) is 0.429. The van der Waals surface area contributed by atoms with Crippen molar-refractivity contribution in [2.45, 2.75) is 13.3 Å². The van der Waals surface area contributed by atoms with Gasteiger partial charge in [0, 0.05) is 12.2 Å². The molecule has 0 spiro atoms. The molecule has 1 amide bonds. The highest BCUT2D eigenvalue weighted by molar-refractivity contribution is 5.97. The number of benzene rings is 1. The molecule has 6 heteroatoms. The first-order valence-corrected chi connectivity index (χ1v) is 6.26. The van der Waals surface area contributed by atoms with Crippen LogP contribution in [0.25, 0.3) is 0 Å². The van der Waals surface area contributed by atoms with Gasteiger partial charge in [-0.05, 0) is 38.1 Å². The molecule has 0 aliphatic carbocycles. The molecule has 1 aliphatic rings. The number of carbonyl (C=O) groups is 2. The lowest BCUT2D eigenvalue weighted by Gasteiger charge is -2.21. The molecule has 1 saturated heterocycles. The second-order valence-corrected chi connectivity index (χ2v) is 5.01. The van der Waals surface area contributed by atoms with Gasteiger partial charge >= 0.3 is 5.97 Å². The average Bonchev–Trinajstić information content (AvgIpc) is 2.86. The summed E-state index contributed by atoms with van der Waals surface area (Å²) in [7, 11) is 1.33. The Bertz CT molecular complexity index is 499. The number of hydrogen-bond donors (Lipinski definition) is 2. The lowest BCUT2D eigenvalue weighted by atomic mass is 9.88. The third kappa shape index (κ3) is 3.49. The van der Waals surface area contributed by atoms with Gasteiger partial charge in [0.2, 0.25) is 5.91 Å². The fourth-order valence-corrected chi connectivity index (χ4v) is 2.13. The number of rotatable bonds is 3. The molecule has 0 aromatic heterocycles. The molecule has 2 N–H and O–H groups in total. The van der Waals surface area contributed by atoms with E-state index in [1.54, 1.807) is 24.3 Å². The van der Waals surface area contributed by atoms with Crippen molar-refractivity contribution in [2.24, 2.45) is 5.41 Å². The number of carbonyl (C=O) groups excluding carboxylic acids is 2. The summed E-state index contributed by atoms with van der Waals surface area (Å²) in [6, 6.07) is 6.75. The maximum Gasteiger partial charge on any atom is 0.337 e. The highest BCUT2D eigenvalue weighted by atomic mass is 35.5. The first-order chi connectivity index (χ1) is 9.05. The Balaban J connectivity index is 0.00000200. The van der Waals surface area contributed by atoms with Crippen LogP contribution in [0.5, 0.6) is 0 Å². The van der Waals surface area contributed by atoms with Gasteiger partial charge in [0.25, 0.3) is 0 Å². The quantitative estimate of drug-likeness (QED) is 0.836. The Hall–Kier alpha value is -1.59. The van der Waals surface area contributed by atoms with Crippen LogP contribution in [0.15, 0.2) is 24.3 Å². The minimum Gasteiger partial charge on any atom is -0.465 e. The largest absolute Gasteiger partial charge is 0.465 e. The smallest absolute Gasteiger partial charge is 0.337 e. The van der Waals surface area contributed by atoms with Crippen molar-refractivity contribution < 1.29 is 14.3 Å². The molecule has 0 radical (unpaired) electrons. The van der Waals surface area contributed by atoms with Crippen molar-refractivity contribution in [2.75, 3.05) is 25.5 Å². The third-order valence-corrected chi connectivity index (χ3v) is 3.46. The van der Waals surface area contributed by atoms with E-state index in [1.807, 2.05) is 6.92 Å². The maximum atomic E-state index is 12.2. The topological polar surface area (TPSA) is 67.4 Å². The monoisotopic (exact) mass is 298 g/mol. The van der Waals surface area contributed by atoms with Gasteiger partial charge < -0.3 is 15.4 Å². The fourth-order valence-electron chi connectivity index (χ4n) is 2.13. The first-order valence-electron chi connectivity index (χ1n) is 6.26. The van der Waals surface area contributed by atoms with Gasteiger partial charge in [-0.1, -0.05) is 6.07 Å². The summed E-state index contributed by atoms with van der Waals surface area (Å²) in [5, 5.41) is 6.04. The lowest BCUT2D eigenvalue weighted by Crippen LogP contribution is -2.35. The number of hydrogen-bond acceptors (Lipinski definition) is 4. The number of ether oxygens (including phenoxy) is 1. The normalized spacial score (nSPS) is 20.9. The van der Waals surface area contributed by atoms with Crippen molar-refractivity contribution in [3.8, 4) is 0 Å². The van der Waals surface area contributed by atoms with Crippen LogP contribution in [-0.4, -0.2) is 32.1 Å². The number of methoxy groups -OCH3 is 1. The van der Waals surface area contributed by atoms with Crippen LogP contribution in [0.3, 0.4) is 0 Å². The molecular weight excluding hydrogens is 280 g/mol. The molecule has 20 heavy (non-hydrogen) atoms. The van der Waals surface area contributed by atoms with Gasteiger partial charge in [-0.25, -0.2) is 4.79 Å². The van der Waals surface area contributed by atoms with Crippen molar-refractivity contribution in [1.82, 2.24) is 5.32 Å². The minimum absolute atomic E-state index is 0. The molecule has 0 bridgehead atoms. The van der Waals surface area contributed by atoms with E-state index in [9.17, 15) is 9.59 Å². The van der Waals surface area contributed by atoms with Crippen LogP contribution in [0, 0.1) is 5.41 Å². The van der Waals surface area contributed by atoms with E-state index in [-0.39, 0.29) is 23.7 Å². The summed E-state index contributed by atoms with van der Waals surface area (Å²) < 4.78 is 4.65. The van der Waals surface area contributed by atoms with E-state index in [0.29, 0.717) is 17.8 Å². The van der Waals surface area contributed by atoms with Gasteiger partial charge in [0.1, 0.15) is 0 Å². The number of halogens is 1. The molecule has 110 valence electrons. The standard InChI is InChI=1S/C14H18N2O3.ClH/c1-14(6-7-15-9-14)13(18)16-11-5-3-4-10(8-11)12(17)19-2;/h3-5,8,15H,6-7,9H2,1-2H3,(H,16,18);1H. The Morgan fingerprint density at radius 1 is 1.40 bits per heavy atom. The van der Waals surface area contributed by atoms with Crippen LogP contribution in [0.2, 0.25) is 0 Å². The predicted octanol–water partition coefficient (Wildman–Crippen LogP) is 1.83. The summed E-state index contributed by atoms with van der Waals surface area (Å²) in [5.74, 6) is -0.440. The molecule has 5 nitrogen and oxygen atoms in total. The number of amides is 1. The predicted molar refractivity (Wildman–Crippen MR) is 79.3 cm³/mol. The van der Waals surface area contributed by atoms with E-state index in [1.165, 1.54) is 7.11 Å². The lowest BCUT2D eigenvalue weighted by molar-refractivity contribution is -0.123. The van der Waals surface area contributed by atoms with Gasteiger partial charge in [-0.3, -0.25) is 4.79 Å². The Morgan fingerprint density at radius 3 is 2.75 bits per heavy atom. The van der Waals surface area contributed by atoms with Crippen molar-refractivity contribution in [3.63, 3.8) is 0 Å². The Labute approximate surface area is 124 Å². The minimum atomic E-state index is -0.412. The first kappa shape index (κ1) is 16.5. The summed E-state index contributed by atoms with van der Waals surface area (Å²) in [4.78, 5) is 23.6. The molecule has 1 aromatic rings. The van der Waals surface area contributed by atoms with Crippen molar-refractivity contribution in [3.05, 3.63) is 29.8 Å². The summed E-state index contributed by atoms with van der Waals surface area (Å²) in [6.45, 7) is 3.47. The SMILES string of the molecule is COC(=O)c1cccc(NC(=O)C2(C)CCNC2)c1.Cl. The van der Waals surface area contributed by atoms with Crippen LogP contribution in [-0.2, 0) is 9.53 Å². The van der Waals surface area contributed by atoms with E-state index in [4.69, 9.17) is 0 Å². The summed E-state index contributed by atoms with van der Waals surface area (Å²) in [5.41, 5.74) is 0.650. The highest BCUT2D eigenvalue weighted by Gasteiger charge is 2.36. The van der Waals surface area contributed by atoms with Gasteiger partial charge in [0.15, 0.2) is 0 Å². The van der Waals surface area contributed by atoms with Crippen LogP contribution in [0.4, 0.5) is 5.69 Å². The van der Waals surface area contributed by atoms with Crippen LogP contribution in [0.1, 0.15) is 23.7 Å². The maximum absolute atomic E-state index is 12.2. The molecule has 2 rings (SSSR count). The Kier molecular flexibility index (Phi) is 5.53. The molecule has 1 aromatic carbocycles. The van der Waals surface area contributed by atoms with E-state index >= 15 is 0 Å². The third-order valence-electron chi connectivity index (χ3n) is 3.46. The highest BCUT2D eigenvalue weighted by Crippen LogP contribution is 2.26. The zero-order valence-corrected chi connectivity index (χ0v) is 12.4. The molecule has 1 aliphatic heterocycles. The molecule has 1 unspecified atom stereocenters. The zero-order chi connectivity index (χ0) is 13.9. The number of esters is 1. The van der Waals surface area contributed by atoms with Gasteiger partial charge in [-0.2, -0.15) is 0 Å². The molecule has 1 heterocycles.